The van der Waals surface area contributed by atoms with E-state index in [1.54, 1.807) is 6.07 Å². The molecule has 3 rings (SSSR count). The molecule has 0 saturated carbocycles. The maximum atomic E-state index is 12.4. The molecular weight excluding hydrogens is 375 g/mol. The average Bonchev–Trinajstić information content (AvgIpc) is 2.64. The summed E-state index contributed by atoms with van der Waals surface area (Å²) in [6, 6.07) is 14.6. The zero-order valence-electron chi connectivity index (χ0n) is 13.7. The van der Waals surface area contributed by atoms with Crippen molar-refractivity contribution in [1.82, 2.24) is 4.98 Å². The lowest BCUT2D eigenvalue weighted by Crippen LogP contribution is -2.30. The lowest BCUT2D eigenvalue weighted by molar-refractivity contribution is -0.123. The fourth-order valence-corrected chi connectivity index (χ4v) is 2.65. The van der Waals surface area contributed by atoms with Gasteiger partial charge in [-0.1, -0.05) is 59.6 Å². The third-order valence-corrected chi connectivity index (χ3v) is 4.42. The number of hydrogen-bond acceptors (Lipinski definition) is 4. The monoisotopic (exact) mass is 388 g/mol. The first-order valence-corrected chi connectivity index (χ1v) is 8.52. The summed E-state index contributed by atoms with van der Waals surface area (Å²) in [6.07, 6.45) is 0.238. The van der Waals surface area contributed by atoms with Gasteiger partial charge in [-0.3, -0.25) is 4.79 Å². The van der Waals surface area contributed by atoms with Crippen molar-refractivity contribution in [2.75, 3.05) is 5.32 Å². The highest BCUT2D eigenvalue weighted by Gasteiger charge is 2.20. The van der Waals surface area contributed by atoms with Gasteiger partial charge < -0.3 is 10.1 Å². The van der Waals surface area contributed by atoms with Crippen LogP contribution in [0.1, 0.15) is 17.3 Å². The number of nitrogens with zero attached hydrogens (tertiary/aromatic N) is 1. The molecule has 0 aliphatic carbocycles. The van der Waals surface area contributed by atoms with Gasteiger partial charge in [0.1, 0.15) is 5.15 Å². The number of esters is 1. The van der Waals surface area contributed by atoms with E-state index in [4.69, 9.17) is 27.9 Å². The highest BCUT2D eigenvalue weighted by Crippen LogP contribution is 2.23. The van der Waals surface area contributed by atoms with Gasteiger partial charge in [-0.15, -0.1) is 0 Å². The Morgan fingerprint density at radius 2 is 1.85 bits per heavy atom. The topological polar surface area (TPSA) is 68.3 Å². The highest BCUT2D eigenvalue weighted by molar-refractivity contribution is 6.41. The predicted molar refractivity (Wildman–Crippen MR) is 102 cm³/mol. The molecule has 0 bridgehead atoms. The normalized spacial score (nSPS) is 11.8. The molecule has 1 amide bonds. The number of amides is 1. The van der Waals surface area contributed by atoms with Crippen LogP contribution in [0.15, 0.2) is 54.7 Å². The molecule has 26 heavy (non-hydrogen) atoms. The Labute approximate surface area is 159 Å². The lowest BCUT2D eigenvalue weighted by Gasteiger charge is -2.15. The van der Waals surface area contributed by atoms with E-state index in [1.807, 2.05) is 36.4 Å². The van der Waals surface area contributed by atoms with Crippen LogP contribution in [0.5, 0.6) is 0 Å². The van der Waals surface area contributed by atoms with Gasteiger partial charge in [-0.25, -0.2) is 9.78 Å². The maximum absolute atomic E-state index is 12.4. The first kappa shape index (κ1) is 18.2. The molecule has 5 nitrogen and oxygen atoms in total. The van der Waals surface area contributed by atoms with Crippen molar-refractivity contribution in [3.63, 3.8) is 0 Å². The standard InChI is InChI=1S/C19H14Cl2N2O3/c1-11(26-19(25)13-9-15(20)17(21)22-10-13)18(24)23-16-8-4-6-12-5-2-3-7-14(12)16/h2-11H,1H3,(H,23,24)/t11-/m1/s1. The molecule has 0 unspecified atom stereocenters. The Kier molecular flexibility index (Phi) is 5.40. The molecular formula is C19H14Cl2N2O3. The molecule has 132 valence electrons. The first-order chi connectivity index (χ1) is 12.5. The molecule has 0 aliphatic rings. The molecule has 0 spiro atoms. The summed E-state index contributed by atoms with van der Waals surface area (Å²) in [6.45, 7) is 1.49. The maximum Gasteiger partial charge on any atom is 0.340 e. The van der Waals surface area contributed by atoms with E-state index in [2.05, 4.69) is 10.3 Å². The van der Waals surface area contributed by atoms with Crippen molar-refractivity contribution in [3.05, 3.63) is 70.5 Å². The van der Waals surface area contributed by atoms with Crippen molar-refractivity contribution in [2.24, 2.45) is 0 Å². The Bertz CT molecular complexity index is 986. The molecule has 1 atom stereocenters. The molecule has 1 N–H and O–H groups in total. The van der Waals surface area contributed by atoms with Crippen molar-refractivity contribution < 1.29 is 14.3 Å². The van der Waals surface area contributed by atoms with Gasteiger partial charge in [-0.05, 0) is 24.4 Å². The van der Waals surface area contributed by atoms with Gasteiger partial charge in [0.05, 0.1) is 10.6 Å². The van der Waals surface area contributed by atoms with Crippen molar-refractivity contribution in [1.29, 1.82) is 0 Å². The van der Waals surface area contributed by atoms with Crippen LogP contribution in [-0.2, 0) is 9.53 Å². The number of carbonyl (C=O) groups excluding carboxylic acids is 2. The third kappa shape index (κ3) is 3.95. The van der Waals surface area contributed by atoms with Gasteiger partial charge in [0.2, 0.25) is 0 Å². The molecule has 2 aromatic carbocycles. The van der Waals surface area contributed by atoms with Crippen molar-refractivity contribution >= 4 is 51.5 Å². The Hall–Kier alpha value is -2.63. The average molecular weight is 389 g/mol. The Morgan fingerprint density at radius 3 is 2.62 bits per heavy atom. The fourth-order valence-electron chi connectivity index (χ4n) is 2.38. The van der Waals surface area contributed by atoms with E-state index in [0.717, 1.165) is 10.8 Å². The zero-order chi connectivity index (χ0) is 18.7. The quantitative estimate of drug-likeness (QED) is 0.518. The van der Waals surface area contributed by atoms with Crippen LogP contribution in [-0.4, -0.2) is 23.0 Å². The molecule has 0 fully saturated rings. The van der Waals surface area contributed by atoms with Gasteiger partial charge in [0.25, 0.3) is 5.91 Å². The zero-order valence-corrected chi connectivity index (χ0v) is 15.2. The smallest absolute Gasteiger partial charge is 0.340 e. The number of carbonyl (C=O) groups is 2. The number of ether oxygens (including phenoxy) is 1. The van der Waals surface area contributed by atoms with Gasteiger partial charge in [0.15, 0.2) is 6.10 Å². The predicted octanol–water partition coefficient (Wildman–Crippen LogP) is 4.73. The van der Waals surface area contributed by atoms with E-state index in [0.29, 0.717) is 5.69 Å². The number of hydrogen-bond donors (Lipinski definition) is 1. The summed E-state index contributed by atoms with van der Waals surface area (Å²) in [7, 11) is 0. The summed E-state index contributed by atoms with van der Waals surface area (Å²) in [5.74, 6) is -1.15. The second kappa shape index (κ2) is 7.72. The Balaban J connectivity index is 1.71. The number of nitrogens with one attached hydrogen (secondary N) is 1. The number of pyridine rings is 1. The SMILES string of the molecule is C[C@@H](OC(=O)c1cnc(Cl)c(Cl)c1)C(=O)Nc1cccc2ccccc12. The van der Waals surface area contributed by atoms with Crippen LogP contribution in [0, 0.1) is 0 Å². The van der Waals surface area contributed by atoms with Crippen LogP contribution >= 0.6 is 23.2 Å². The number of benzene rings is 2. The van der Waals surface area contributed by atoms with E-state index >= 15 is 0 Å². The number of aromatic nitrogens is 1. The van der Waals surface area contributed by atoms with Crippen LogP contribution in [0.4, 0.5) is 5.69 Å². The molecule has 0 saturated heterocycles. The largest absolute Gasteiger partial charge is 0.449 e. The Morgan fingerprint density at radius 1 is 1.12 bits per heavy atom. The third-order valence-electron chi connectivity index (χ3n) is 3.73. The van der Waals surface area contributed by atoms with E-state index in [9.17, 15) is 9.59 Å². The highest BCUT2D eigenvalue weighted by atomic mass is 35.5. The molecule has 1 heterocycles. The number of rotatable bonds is 4. The van der Waals surface area contributed by atoms with E-state index in [1.165, 1.54) is 19.2 Å². The van der Waals surface area contributed by atoms with Gasteiger partial charge in [-0.2, -0.15) is 0 Å². The number of anilines is 1. The van der Waals surface area contributed by atoms with Gasteiger partial charge in [0, 0.05) is 17.3 Å². The second-order valence-electron chi connectivity index (χ2n) is 5.56. The minimum absolute atomic E-state index is 0.0879. The fraction of sp³-hybridized carbons (Fsp3) is 0.105. The summed E-state index contributed by atoms with van der Waals surface area (Å²) in [5, 5.41) is 4.90. The van der Waals surface area contributed by atoms with Crippen LogP contribution in [0.3, 0.4) is 0 Å². The molecule has 1 aromatic heterocycles. The van der Waals surface area contributed by atoms with Crippen LogP contribution in [0.2, 0.25) is 10.2 Å². The van der Waals surface area contributed by atoms with Crippen LogP contribution < -0.4 is 5.32 Å². The van der Waals surface area contributed by atoms with E-state index in [-0.39, 0.29) is 15.7 Å². The summed E-state index contributed by atoms with van der Waals surface area (Å²) in [4.78, 5) is 28.3. The first-order valence-electron chi connectivity index (χ1n) is 7.76. The minimum atomic E-state index is -1.00. The van der Waals surface area contributed by atoms with E-state index < -0.39 is 18.0 Å². The lowest BCUT2D eigenvalue weighted by atomic mass is 10.1. The minimum Gasteiger partial charge on any atom is -0.449 e. The summed E-state index contributed by atoms with van der Waals surface area (Å²) in [5.41, 5.74) is 0.761. The van der Waals surface area contributed by atoms with Crippen LogP contribution in [0.25, 0.3) is 10.8 Å². The number of fused-ring (bicyclic) bond motifs is 1. The van der Waals surface area contributed by atoms with Gasteiger partial charge >= 0.3 is 5.97 Å². The number of halogens is 2. The molecule has 0 radical (unpaired) electrons. The second-order valence-corrected chi connectivity index (χ2v) is 6.33. The summed E-state index contributed by atoms with van der Waals surface area (Å²) < 4.78 is 5.18. The molecule has 7 heteroatoms. The molecule has 0 aliphatic heterocycles. The van der Waals surface area contributed by atoms with Crippen molar-refractivity contribution in [2.45, 2.75) is 13.0 Å². The molecule has 3 aromatic rings. The summed E-state index contributed by atoms with van der Waals surface area (Å²) >= 11 is 11.6. The van der Waals surface area contributed by atoms with Crippen molar-refractivity contribution in [3.8, 4) is 0 Å².